The van der Waals surface area contributed by atoms with Crippen LogP contribution in [0.5, 0.6) is 0 Å². The van der Waals surface area contributed by atoms with E-state index in [4.69, 9.17) is 9.47 Å². The monoisotopic (exact) mass is 130 g/mol. The van der Waals surface area contributed by atoms with Crippen molar-refractivity contribution < 1.29 is 9.47 Å². The molecule has 2 heteroatoms. The summed E-state index contributed by atoms with van der Waals surface area (Å²) in [5.41, 5.74) is 0.00116. The second kappa shape index (κ2) is 2.27. The molecule has 1 atom stereocenters. The quantitative estimate of drug-likeness (QED) is 0.535. The van der Waals surface area contributed by atoms with Gasteiger partial charge in [-0.15, -0.1) is 0 Å². The van der Waals surface area contributed by atoms with Gasteiger partial charge < -0.3 is 9.47 Å². The number of ether oxygens (including phenoxy) is 2. The van der Waals surface area contributed by atoms with Crippen molar-refractivity contribution in [3.8, 4) is 0 Å². The smallest absolute Gasteiger partial charge is 0.0837 e. The van der Waals surface area contributed by atoms with E-state index in [1.54, 1.807) is 7.11 Å². The molecule has 0 aromatic rings. The normalized spacial score (nSPS) is 26.3. The highest BCUT2D eigenvalue weighted by Gasteiger charge is 2.30. The summed E-state index contributed by atoms with van der Waals surface area (Å²) in [7, 11) is 1.74. The van der Waals surface area contributed by atoms with Gasteiger partial charge in [0.25, 0.3) is 0 Å². The predicted molar refractivity (Wildman–Crippen MR) is 35.4 cm³/mol. The molecule has 0 N–H and O–H groups in total. The van der Waals surface area contributed by atoms with E-state index in [-0.39, 0.29) is 5.60 Å². The van der Waals surface area contributed by atoms with Crippen LogP contribution in [0.15, 0.2) is 0 Å². The van der Waals surface area contributed by atoms with Gasteiger partial charge in [-0.3, -0.25) is 0 Å². The minimum atomic E-state index is 0.00116. The maximum absolute atomic E-state index is 5.21. The summed E-state index contributed by atoms with van der Waals surface area (Å²) in [5.74, 6) is 0. The summed E-state index contributed by atoms with van der Waals surface area (Å²) in [6.45, 7) is 5.08. The van der Waals surface area contributed by atoms with Gasteiger partial charge in [0.05, 0.1) is 18.3 Å². The fourth-order valence-electron chi connectivity index (χ4n) is 0.818. The molecule has 0 amide bonds. The van der Waals surface area contributed by atoms with Crippen molar-refractivity contribution in [3.63, 3.8) is 0 Å². The first-order chi connectivity index (χ1) is 4.14. The summed E-state index contributed by atoms with van der Waals surface area (Å²) in [4.78, 5) is 0. The van der Waals surface area contributed by atoms with Crippen molar-refractivity contribution in [1.29, 1.82) is 0 Å². The average molecular weight is 130 g/mol. The van der Waals surface area contributed by atoms with E-state index < -0.39 is 0 Å². The molecule has 0 bridgehead atoms. The molecular weight excluding hydrogens is 116 g/mol. The highest BCUT2D eigenvalue weighted by molar-refractivity contribution is 4.79. The zero-order chi connectivity index (χ0) is 6.91. The lowest BCUT2D eigenvalue weighted by Crippen LogP contribution is -2.24. The van der Waals surface area contributed by atoms with E-state index in [9.17, 15) is 0 Å². The van der Waals surface area contributed by atoms with Crippen LogP contribution in [0.3, 0.4) is 0 Å². The Hall–Kier alpha value is -0.0800. The first-order valence-corrected chi connectivity index (χ1v) is 3.31. The Morgan fingerprint density at radius 2 is 2.22 bits per heavy atom. The van der Waals surface area contributed by atoms with Crippen LogP contribution in [0.4, 0.5) is 0 Å². The number of hydrogen-bond donors (Lipinski definition) is 0. The molecule has 0 radical (unpaired) electrons. The zero-order valence-electron chi connectivity index (χ0n) is 6.31. The molecule has 9 heavy (non-hydrogen) atoms. The number of epoxide rings is 1. The van der Waals surface area contributed by atoms with E-state index >= 15 is 0 Å². The minimum absolute atomic E-state index is 0.00116. The lowest BCUT2D eigenvalue weighted by Gasteiger charge is -2.21. The summed E-state index contributed by atoms with van der Waals surface area (Å²) in [6, 6.07) is 0. The van der Waals surface area contributed by atoms with Gasteiger partial charge in [0.1, 0.15) is 0 Å². The van der Waals surface area contributed by atoms with E-state index in [1.165, 1.54) is 0 Å². The van der Waals surface area contributed by atoms with Crippen LogP contribution < -0.4 is 0 Å². The van der Waals surface area contributed by atoms with Gasteiger partial charge in [0, 0.05) is 13.5 Å². The van der Waals surface area contributed by atoms with Crippen LogP contribution in [0, 0.1) is 0 Å². The second-order valence-electron chi connectivity index (χ2n) is 3.12. The third-order valence-electron chi connectivity index (χ3n) is 1.67. The molecular formula is C7H14O2. The lowest BCUT2D eigenvalue weighted by molar-refractivity contribution is 0.00970. The summed E-state index contributed by atoms with van der Waals surface area (Å²) < 4.78 is 10.3. The molecule has 1 fully saturated rings. The minimum Gasteiger partial charge on any atom is -0.379 e. The highest BCUT2D eigenvalue weighted by atomic mass is 16.6. The van der Waals surface area contributed by atoms with Gasteiger partial charge in [-0.25, -0.2) is 0 Å². The largest absolute Gasteiger partial charge is 0.379 e. The van der Waals surface area contributed by atoms with Gasteiger partial charge in [0.15, 0.2) is 0 Å². The molecule has 0 aromatic carbocycles. The Kier molecular flexibility index (Phi) is 1.78. The maximum atomic E-state index is 5.21. The molecule has 0 spiro atoms. The number of rotatable bonds is 3. The number of methoxy groups -OCH3 is 1. The van der Waals surface area contributed by atoms with Gasteiger partial charge in [-0.1, -0.05) is 0 Å². The van der Waals surface area contributed by atoms with Gasteiger partial charge in [0.2, 0.25) is 0 Å². The van der Waals surface area contributed by atoms with Crippen LogP contribution in [-0.2, 0) is 9.47 Å². The van der Waals surface area contributed by atoms with Crippen LogP contribution >= 0.6 is 0 Å². The fourth-order valence-corrected chi connectivity index (χ4v) is 0.818. The van der Waals surface area contributed by atoms with E-state index in [1.807, 2.05) is 0 Å². The molecule has 0 saturated carbocycles. The first-order valence-electron chi connectivity index (χ1n) is 3.31. The van der Waals surface area contributed by atoms with Gasteiger partial charge >= 0.3 is 0 Å². The first kappa shape index (κ1) is 7.03. The fraction of sp³-hybridized carbons (Fsp3) is 1.00. The molecule has 2 nitrogen and oxygen atoms in total. The predicted octanol–water partition coefficient (Wildman–Crippen LogP) is 1.20. The standard InChI is InChI=1S/C7H14O2/c1-7(2,8-3)4-6-5-9-6/h6H,4-5H2,1-3H3/t6-/m0/s1. The Bertz CT molecular complexity index is 95.1. The SMILES string of the molecule is COC(C)(C)C[C@H]1CO1. The van der Waals surface area contributed by atoms with Gasteiger partial charge in [-0.05, 0) is 13.8 Å². The zero-order valence-corrected chi connectivity index (χ0v) is 6.31. The summed E-state index contributed by atoms with van der Waals surface area (Å²) >= 11 is 0. The molecule has 1 heterocycles. The van der Waals surface area contributed by atoms with Crippen molar-refractivity contribution in [3.05, 3.63) is 0 Å². The van der Waals surface area contributed by atoms with Crippen LogP contribution in [-0.4, -0.2) is 25.4 Å². The van der Waals surface area contributed by atoms with Crippen molar-refractivity contribution in [2.45, 2.75) is 32.0 Å². The third kappa shape index (κ3) is 2.33. The molecule has 54 valence electrons. The van der Waals surface area contributed by atoms with Gasteiger partial charge in [-0.2, -0.15) is 0 Å². The topological polar surface area (TPSA) is 21.8 Å². The molecule has 1 rings (SSSR count). The summed E-state index contributed by atoms with van der Waals surface area (Å²) in [6.07, 6.45) is 1.49. The Balaban J connectivity index is 2.21. The van der Waals surface area contributed by atoms with Crippen molar-refractivity contribution in [2.24, 2.45) is 0 Å². The molecule has 1 saturated heterocycles. The second-order valence-corrected chi connectivity index (χ2v) is 3.12. The van der Waals surface area contributed by atoms with Crippen molar-refractivity contribution in [2.75, 3.05) is 13.7 Å². The van der Waals surface area contributed by atoms with E-state index in [2.05, 4.69) is 13.8 Å². The third-order valence-corrected chi connectivity index (χ3v) is 1.67. The van der Waals surface area contributed by atoms with Crippen LogP contribution in [0.1, 0.15) is 20.3 Å². The highest BCUT2D eigenvalue weighted by Crippen LogP contribution is 2.23. The van der Waals surface area contributed by atoms with Crippen molar-refractivity contribution >= 4 is 0 Å². The molecule has 0 aromatic heterocycles. The molecule has 0 aliphatic carbocycles. The average Bonchev–Trinajstić information content (AvgIpc) is 2.50. The van der Waals surface area contributed by atoms with Crippen LogP contribution in [0.2, 0.25) is 0 Å². The molecule has 0 unspecified atom stereocenters. The maximum Gasteiger partial charge on any atom is 0.0837 e. The van der Waals surface area contributed by atoms with Crippen molar-refractivity contribution in [1.82, 2.24) is 0 Å². The summed E-state index contributed by atoms with van der Waals surface area (Å²) in [5, 5.41) is 0. The Morgan fingerprint density at radius 1 is 1.67 bits per heavy atom. The molecule has 1 aliphatic heterocycles. The molecule has 1 aliphatic rings. The Labute approximate surface area is 56.2 Å². The van der Waals surface area contributed by atoms with Crippen LogP contribution in [0.25, 0.3) is 0 Å². The lowest BCUT2D eigenvalue weighted by atomic mass is 10.0. The Morgan fingerprint density at radius 3 is 2.56 bits per heavy atom. The van der Waals surface area contributed by atoms with E-state index in [0.29, 0.717) is 6.10 Å². The van der Waals surface area contributed by atoms with E-state index in [0.717, 1.165) is 13.0 Å². The number of hydrogen-bond acceptors (Lipinski definition) is 2.